The van der Waals surface area contributed by atoms with Crippen molar-refractivity contribution in [1.82, 2.24) is 0 Å². The summed E-state index contributed by atoms with van der Waals surface area (Å²) in [6, 6.07) is 17.1. The molecule has 0 saturated heterocycles. The van der Waals surface area contributed by atoms with Crippen molar-refractivity contribution < 1.29 is 8.95 Å². The van der Waals surface area contributed by atoms with E-state index in [0.717, 1.165) is 16.2 Å². The molecule has 0 radical (unpaired) electrons. The lowest BCUT2D eigenvalue weighted by molar-refractivity contribution is 0.414. The summed E-state index contributed by atoms with van der Waals surface area (Å²) in [5, 5.41) is 1.69. The van der Waals surface area contributed by atoms with Crippen LogP contribution in [0.2, 0.25) is 0 Å². The molecule has 92 valence electrons. The molecule has 2 rings (SSSR count). The molecule has 0 aliphatic heterocycles. The smallest absolute Gasteiger partial charge is 0.118 e. The molecular formula is C15H14O2S. The van der Waals surface area contributed by atoms with Gasteiger partial charge in [0.1, 0.15) is 5.75 Å². The number of ether oxygens (including phenoxy) is 1. The number of hydrogen-bond acceptors (Lipinski definition) is 2. The van der Waals surface area contributed by atoms with E-state index in [1.54, 1.807) is 12.5 Å². The third-order valence-corrected chi connectivity index (χ3v) is 3.60. The predicted molar refractivity (Wildman–Crippen MR) is 74.9 cm³/mol. The third-order valence-electron chi connectivity index (χ3n) is 2.48. The van der Waals surface area contributed by atoms with E-state index in [9.17, 15) is 4.21 Å². The van der Waals surface area contributed by atoms with Crippen LogP contribution in [0.1, 0.15) is 5.56 Å². The van der Waals surface area contributed by atoms with E-state index in [1.165, 1.54) is 0 Å². The maximum absolute atomic E-state index is 12.0. The standard InChI is InChI=1S/C15H14O2S/c1-17-14-7-9-15(10-8-14)18(16)12-11-13-5-3-2-4-6-13/h2-12H,1H3/b12-11+. The Morgan fingerprint density at radius 3 is 2.28 bits per heavy atom. The first kappa shape index (κ1) is 12.6. The van der Waals surface area contributed by atoms with Crippen molar-refractivity contribution in [3.8, 4) is 5.75 Å². The van der Waals surface area contributed by atoms with Gasteiger partial charge in [-0.05, 0) is 35.9 Å². The zero-order chi connectivity index (χ0) is 12.8. The van der Waals surface area contributed by atoms with Gasteiger partial charge >= 0.3 is 0 Å². The van der Waals surface area contributed by atoms with Crippen LogP contribution in [0.4, 0.5) is 0 Å². The quantitative estimate of drug-likeness (QED) is 0.839. The Bertz CT molecular complexity index is 544. The average molecular weight is 258 g/mol. The van der Waals surface area contributed by atoms with E-state index in [0.29, 0.717) is 0 Å². The molecule has 1 atom stereocenters. The predicted octanol–water partition coefficient (Wildman–Crippen LogP) is 3.47. The number of hydrogen-bond donors (Lipinski definition) is 0. The Hall–Kier alpha value is -1.87. The molecule has 3 heteroatoms. The van der Waals surface area contributed by atoms with E-state index in [2.05, 4.69) is 0 Å². The summed E-state index contributed by atoms with van der Waals surface area (Å²) in [5.74, 6) is 0.766. The minimum atomic E-state index is -1.13. The molecule has 2 aromatic rings. The zero-order valence-corrected chi connectivity index (χ0v) is 10.9. The van der Waals surface area contributed by atoms with Gasteiger partial charge in [0.15, 0.2) is 0 Å². The van der Waals surface area contributed by atoms with Gasteiger partial charge in [0.05, 0.1) is 17.9 Å². The van der Waals surface area contributed by atoms with Crippen LogP contribution in [0.25, 0.3) is 6.08 Å². The SMILES string of the molecule is COc1ccc(S(=O)/C=C/c2ccccc2)cc1. The Morgan fingerprint density at radius 2 is 1.67 bits per heavy atom. The second kappa shape index (κ2) is 6.17. The third kappa shape index (κ3) is 3.31. The summed E-state index contributed by atoms with van der Waals surface area (Å²) in [6.07, 6.45) is 1.86. The molecule has 0 spiro atoms. The van der Waals surface area contributed by atoms with Crippen LogP contribution in [-0.2, 0) is 10.8 Å². The highest BCUT2D eigenvalue weighted by Crippen LogP contribution is 2.15. The summed E-state index contributed by atoms with van der Waals surface area (Å²) >= 11 is 0. The minimum absolute atomic E-state index is 0.766. The number of benzene rings is 2. The monoisotopic (exact) mass is 258 g/mol. The van der Waals surface area contributed by atoms with Gasteiger partial charge in [-0.3, -0.25) is 0 Å². The van der Waals surface area contributed by atoms with Gasteiger partial charge in [0, 0.05) is 10.3 Å². The molecule has 0 fully saturated rings. The van der Waals surface area contributed by atoms with Crippen LogP contribution in [0.3, 0.4) is 0 Å². The minimum Gasteiger partial charge on any atom is -0.497 e. The van der Waals surface area contributed by atoms with Gasteiger partial charge < -0.3 is 4.74 Å². The highest BCUT2D eigenvalue weighted by Gasteiger charge is 1.99. The maximum atomic E-state index is 12.0. The highest BCUT2D eigenvalue weighted by atomic mass is 32.2. The maximum Gasteiger partial charge on any atom is 0.118 e. The van der Waals surface area contributed by atoms with Crippen molar-refractivity contribution in [2.45, 2.75) is 4.90 Å². The van der Waals surface area contributed by atoms with Gasteiger partial charge in [-0.25, -0.2) is 4.21 Å². The lowest BCUT2D eigenvalue weighted by Crippen LogP contribution is -1.87. The summed E-state index contributed by atoms with van der Waals surface area (Å²) < 4.78 is 17.1. The topological polar surface area (TPSA) is 26.3 Å². The molecule has 1 unspecified atom stereocenters. The van der Waals surface area contributed by atoms with Crippen LogP contribution in [0.15, 0.2) is 64.9 Å². The molecule has 0 saturated carbocycles. The molecule has 2 nitrogen and oxygen atoms in total. The Balaban J connectivity index is 2.09. The lowest BCUT2D eigenvalue weighted by atomic mass is 10.2. The summed E-state index contributed by atoms with van der Waals surface area (Å²) in [4.78, 5) is 0.767. The molecule has 0 heterocycles. The van der Waals surface area contributed by atoms with E-state index in [-0.39, 0.29) is 0 Å². The second-order valence-corrected chi connectivity index (χ2v) is 5.02. The Labute approximate surface area is 109 Å². The van der Waals surface area contributed by atoms with E-state index >= 15 is 0 Å². The zero-order valence-electron chi connectivity index (χ0n) is 10.1. The van der Waals surface area contributed by atoms with E-state index < -0.39 is 10.8 Å². The summed E-state index contributed by atoms with van der Waals surface area (Å²) in [7, 11) is 0.482. The van der Waals surface area contributed by atoms with Crippen LogP contribution < -0.4 is 4.74 Å². The first-order valence-corrected chi connectivity index (χ1v) is 6.79. The van der Waals surface area contributed by atoms with E-state index in [1.807, 2.05) is 60.7 Å². The molecule has 18 heavy (non-hydrogen) atoms. The van der Waals surface area contributed by atoms with Crippen molar-refractivity contribution >= 4 is 16.9 Å². The summed E-state index contributed by atoms with van der Waals surface area (Å²) in [5.41, 5.74) is 1.04. The van der Waals surface area contributed by atoms with Gasteiger partial charge in [-0.1, -0.05) is 30.3 Å². The fourth-order valence-electron chi connectivity index (χ4n) is 1.49. The molecular weight excluding hydrogens is 244 g/mol. The van der Waals surface area contributed by atoms with Crippen molar-refractivity contribution in [3.05, 3.63) is 65.6 Å². The largest absolute Gasteiger partial charge is 0.497 e. The normalized spacial score (nSPS) is 12.5. The highest BCUT2D eigenvalue weighted by molar-refractivity contribution is 7.88. The molecule has 0 amide bonds. The number of rotatable bonds is 4. The Kier molecular flexibility index (Phi) is 4.31. The van der Waals surface area contributed by atoms with Gasteiger partial charge in [0.2, 0.25) is 0 Å². The van der Waals surface area contributed by atoms with Crippen LogP contribution in [0, 0.1) is 0 Å². The van der Waals surface area contributed by atoms with Crippen LogP contribution >= 0.6 is 0 Å². The van der Waals surface area contributed by atoms with Crippen molar-refractivity contribution in [2.75, 3.05) is 7.11 Å². The average Bonchev–Trinajstić information content (AvgIpc) is 2.46. The van der Waals surface area contributed by atoms with Gasteiger partial charge in [0.25, 0.3) is 0 Å². The molecule has 0 N–H and O–H groups in total. The molecule has 0 aromatic heterocycles. The van der Waals surface area contributed by atoms with Crippen molar-refractivity contribution in [2.24, 2.45) is 0 Å². The van der Waals surface area contributed by atoms with Gasteiger partial charge in [-0.15, -0.1) is 0 Å². The van der Waals surface area contributed by atoms with E-state index in [4.69, 9.17) is 4.74 Å². The first-order chi connectivity index (χ1) is 8.79. The van der Waals surface area contributed by atoms with Crippen molar-refractivity contribution in [3.63, 3.8) is 0 Å². The fourth-order valence-corrected chi connectivity index (χ4v) is 2.34. The molecule has 0 bridgehead atoms. The first-order valence-electron chi connectivity index (χ1n) is 5.57. The van der Waals surface area contributed by atoms with Crippen molar-refractivity contribution in [1.29, 1.82) is 0 Å². The molecule has 0 aliphatic rings. The molecule has 2 aromatic carbocycles. The lowest BCUT2D eigenvalue weighted by Gasteiger charge is -2.00. The fraction of sp³-hybridized carbons (Fsp3) is 0.0667. The van der Waals surface area contributed by atoms with Crippen LogP contribution in [-0.4, -0.2) is 11.3 Å². The summed E-state index contributed by atoms with van der Waals surface area (Å²) in [6.45, 7) is 0. The van der Waals surface area contributed by atoms with Gasteiger partial charge in [-0.2, -0.15) is 0 Å². The van der Waals surface area contributed by atoms with Crippen LogP contribution in [0.5, 0.6) is 5.75 Å². The Morgan fingerprint density at radius 1 is 1.00 bits per heavy atom. The molecule has 0 aliphatic carbocycles. The number of methoxy groups -OCH3 is 1. The second-order valence-electron chi connectivity index (χ2n) is 3.69.